The van der Waals surface area contributed by atoms with Gasteiger partial charge in [-0.3, -0.25) is 4.79 Å². The van der Waals surface area contributed by atoms with E-state index in [4.69, 9.17) is 25.2 Å². The first-order valence-corrected chi connectivity index (χ1v) is 13.3. The summed E-state index contributed by atoms with van der Waals surface area (Å²) in [5, 5.41) is 3.10. The molecule has 5 atom stereocenters. The first kappa shape index (κ1) is 27.5. The van der Waals surface area contributed by atoms with Crippen LogP contribution in [0.1, 0.15) is 83.1 Å². The Labute approximate surface area is 221 Å². The smallest absolute Gasteiger partial charge is 0.482 e. The maximum absolute atomic E-state index is 12.9. The average Bonchev–Trinajstić information content (AvgIpc) is 3.18. The molecule has 1 aromatic rings. The maximum Gasteiger partial charge on any atom is 0.482 e. The number of methoxy groups -OCH3 is 1. The highest BCUT2D eigenvalue weighted by Crippen LogP contribution is 2.65. The molecular weight excluding hydrogens is 469 g/mol. The molecule has 1 aromatic carbocycles. The molecule has 1 aliphatic heterocycles. The standard InChI is InChI=1S/C29H40BNO6/c1-9-10-14-24(32)31-23(30-36-22-17-19-16-21(28(19,5)6)29(22,7)37-30)15-18-12-11-13-20(25(18)34-8)26(33)35-27(2,3)4/h1,11-13,19,21-23H,10,14-17H2,2-8H3,(H,31,32). The van der Waals surface area contributed by atoms with Crippen molar-refractivity contribution in [3.63, 3.8) is 0 Å². The fourth-order valence-corrected chi connectivity index (χ4v) is 6.47. The number of esters is 1. The third-order valence-corrected chi connectivity index (χ3v) is 8.50. The van der Waals surface area contributed by atoms with Gasteiger partial charge in [0, 0.05) is 12.8 Å². The molecule has 4 fully saturated rings. The number of carbonyl (C=O) groups is 2. The van der Waals surface area contributed by atoms with Crippen molar-refractivity contribution in [1.29, 1.82) is 0 Å². The second-order valence-corrected chi connectivity index (χ2v) is 12.4. The number of benzene rings is 1. The van der Waals surface area contributed by atoms with Crippen LogP contribution in [0.5, 0.6) is 5.75 Å². The second kappa shape index (κ2) is 10.00. The van der Waals surface area contributed by atoms with E-state index in [9.17, 15) is 9.59 Å². The van der Waals surface area contributed by atoms with Crippen molar-refractivity contribution in [2.75, 3.05) is 7.11 Å². The van der Waals surface area contributed by atoms with E-state index >= 15 is 0 Å². The van der Waals surface area contributed by atoms with Crippen molar-refractivity contribution in [2.24, 2.45) is 17.3 Å². The number of carbonyl (C=O) groups excluding carboxylic acids is 2. The lowest BCUT2D eigenvalue weighted by molar-refractivity contribution is -0.199. The molecule has 4 aliphatic rings. The van der Waals surface area contributed by atoms with Crippen molar-refractivity contribution < 1.29 is 28.4 Å². The molecule has 5 rings (SSSR count). The Hall–Kier alpha value is -2.50. The van der Waals surface area contributed by atoms with E-state index in [1.807, 2.05) is 26.8 Å². The van der Waals surface area contributed by atoms with Crippen LogP contribution in [0.15, 0.2) is 18.2 Å². The number of hydrogen-bond acceptors (Lipinski definition) is 6. The number of rotatable bonds is 8. The minimum Gasteiger partial charge on any atom is -0.496 e. The predicted molar refractivity (Wildman–Crippen MR) is 142 cm³/mol. The normalized spacial score (nSPS) is 28.4. The Balaban J connectivity index is 1.61. The monoisotopic (exact) mass is 509 g/mol. The third kappa shape index (κ3) is 5.26. The van der Waals surface area contributed by atoms with Crippen LogP contribution in [0, 0.1) is 29.6 Å². The Morgan fingerprint density at radius 3 is 2.62 bits per heavy atom. The molecule has 200 valence electrons. The van der Waals surface area contributed by atoms with Gasteiger partial charge in [-0.05, 0) is 75.8 Å². The van der Waals surface area contributed by atoms with Gasteiger partial charge < -0.3 is 24.1 Å². The summed E-state index contributed by atoms with van der Waals surface area (Å²) in [6.45, 7) is 12.3. The topological polar surface area (TPSA) is 83.1 Å². The van der Waals surface area contributed by atoms with Crippen LogP contribution < -0.4 is 10.1 Å². The summed E-state index contributed by atoms with van der Waals surface area (Å²) >= 11 is 0. The van der Waals surface area contributed by atoms with Gasteiger partial charge in [-0.25, -0.2) is 4.79 Å². The van der Waals surface area contributed by atoms with Crippen LogP contribution in [-0.2, 0) is 25.3 Å². The molecular formula is C29H40BNO6. The Morgan fingerprint density at radius 2 is 2.00 bits per heavy atom. The van der Waals surface area contributed by atoms with Crippen molar-refractivity contribution in [1.82, 2.24) is 5.32 Å². The zero-order valence-electron chi connectivity index (χ0n) is 23.2. The molecule has 3 saturated carbocycles. The predicted octanol–water partition coefficient (Wildman–Crippen LogP) is 4.36. The summed E-state index contributed by atoms with van der Waals surface area (Å²) in [5.41, 5.74) is 0.249. The highest BCUT2D eigenvalue weighted by atomic mass is 16.7. The van der Waals surface area contributed by atoms with Gasteiger partial charge in [-0.15, -0.1) is 12.3 Å². The SMILES string of the molecule is C#CCCC(=O)NC(Cc1cccc(C(=O)OC(C)(C)C)c1OC)B1OC2CC3CC(C3(C)C)C2(C)O1. The molecule has 1 heterocycles. The first-order chi connectivity index (χ1) is 17.3. The van der Waals surface area contributed by atoms with Crippen LogP contribution in [0.3, 0.4) is 0 Å². The average molecular weight is 509 g/mol. The van der Waals surface area contributed by atoms with Gasteiger partial charge in [0.2, 0.25) is 5.91 Å². The Morgan fingerprint density at radius 1 is 1.27 bits per heavy atom. The quantitative estimate of drug-likeness (QED) is 0.319. The molecule has 7 nitrogen and oxygen atoms in total. The van der Waals surface area contributed by atoms with E-state index in [0.717, 1.165) is 18.4 Å². The molecule has 1 amide bonds. The van der Waals surface area contributed by atoms with Crippen LogP contribution >= 0.6 is 0 Å². The summed E-state index contributed by atoms with van der Waals surface area (Å²) in [5.74, 6) is 2.84. The van der Waals surface area contributed by atoms with Gasteiger partial charge >= 0.3 is 13.1 Å². The summed E-state index contributed by atoms with van der Waals surface area (Å²) in [7, 11) is 0.899. The van der Waals surface area contributed by atoms with Crippen LogP contribution in [0.4, 0.5) is 0 Å². The fraction of sp³-hybridized carbons (Fsp3) is 0.655. The molecule has 0 radical (unpaired) electrons. The van der Waals surface area contributed by atoms with Crippen LogP contribution in [-0.4, -0.2) is 49.4 Å². The van der Waals surface area contributed by atoms with Crippen molar-refractivity contribution in [3.05, 3.63) is 29.3 Å². The highest BCUT2D eigenvalue weighted by molar-refractivity contribution is 6.48. The molecule has 0 spiro atoms. The number of hydrogen-bond donors (Lipinski definition) is 1. The van der Waals surface area contributed by atoms with Crippen LogP contribution in [0.25, 0.3) is 0 Å². The van der Waals surface area contributed by atoms with Gasteiger partial charge in [-0.2, -0.15) is 0 Å². The van der Waals surface area contributed by atoms with E-state index in [0.29, 0.717) is 36.0 Å². The summed E-state index contributed by atoms with van der Waals surface area (Å²) in [4.78, 5) is 25.7. The molecule has 0 aromatic heterocycles. The Kier molecular flexibility index (Phi) is 7.44. The minimum absolute atomic E-state index is 0.0191. The minimum atomic E-state index is -0.642. The fourth-order valence-electron chi connectivity index (χ4n) is 6.47. The second-order valence-electron chi connectivity index (χ2n) is 12.4. The third-order valence-electron chi connectivity index (χ3n) is 8.50. The first-order valence-electron chi connectivity index (χ1n) is 13.3. The van der Waals surface area contributed by atoms with E-state index < -0.39 is 30.2 Å². The number of amides is 1. The van der Waals surface area contributed by atoms with Crippen molar-refractivity contribution in [3.8, 4) is 18.1 Å². The van der Waals surface area contributed by atoms with Crippen LogP contribution in [0.2, 0.25) is 0 Å². The molecule has 5 unspecified atom stereocenters. The molecule has 3 aliphatic carbocycles. The van der Waals surface area contributed by atoms with Gasteiger partial charge in [0.15, 0.2) is 0 Å². The maximum atomic E-state index is 12.9. The van der Waals surface area contributed by atoms with E-state index in [1.165, 1.54) is 7.11 Å². The van der Waals surface area contributed by atoms with Gasteiger partial charge in [-0.1, -0.05) is 26.0 Å². The summed E-state index contributed by atoms with van der Waals surface area (Å²) in [6, 6.07) is 5.37. The van der Waals surface area contributed by atoms with E-state index in [2.05, 4.69) is 32.0 Å². The van der Waals surface area contributed by atoms with E-state index in [1.54, 1.807) is 12.1 Å². The lowest BCUT2D eigenvalue weighted by Crippen LogP contribution is -2.65. The molecule has 37 heavy (non-hydrogen) atoms. The molecule has 1 N–H and O–H groups in total. The summed E-state index contributed by atoms with van der Waals surface area (Å²) in [6.07, 6.45) is 8.37. The highest BCUT2D eigenvalue weighted by Gasteiger charge is 2.68. The number of para-hydroxylation sites is 1. The number of nitrogens with one attached hydrogen (secondary N) is 1. The van der Waals surface area contributed by atoms with Gasteiger partial charge in [0.05, 0.1) is 24.8 Å². The van der Waals surface area contributed by atoms with Crippen molar-refractivity contribution >= 4 is 19.0 Å². The molecule has 1 saturated heterocycles. The molecule has 8 heteroatoms. The largest absolute Gasteiger partial charge is 0.496 e. The van der Waals surface area contributed by atoms with E-state index in [-0.39, 0.29) is 23.8 Å². The number of terminal acetylenes is 1. The number of ether oxygens (including phenoxy) is 2. The summed E-state index contributed by atoms with van der Waals surface area (Å²) < 4.78 is 24.5. The van der Waals surface area contributed by atoms with Gasteiger partial charge in [0.1, 0.15) is 16.9 Å². The van der Waals surface area contributed by atoms with Gasteiger partial charge in [0.25, 0.3) is 0 Å². The lowest BCUT2D eigenvalue weighted by Gasteiger charge is -2.64. The molecule has 2 bridgehead atoms. The lowest BCUT2D eigenvalue weighted by atomic mass is 9.43. The Bertz CT molecular complexity index is 1090. The van der Waals surface area contributed by atoms with Crippen molar-refractivity contribution in [2.45, 2.75) is 96.9 Å². The zero-order valence-corrected chi connectivity index (χ0v) is 23.2. The zero-order chi connectivity index (χ0) is 27.2.